The van der Waals surface area contributed by atoms with E-state index in [-0.39, 0.29) is 0 Å². The fourth-order valence-electron chi connectivity index (χ4n) is 3.49. The summed E-state index contributed by atoms with van der Waals surface area (Å²) in [5, 5.41) is 3.42. The Kier molecular flexibility index (Phi) is 5.22. The van der Waals surface area contributed by atoms with Crippen LogP contribution >= 0.6 is 0 Å². The van der Waals surface area contributed by atoms with E-state index in [0.717, 1.165) is 25.7 Å². The van der Waals surface area contributed by atoms with Crippen LogP contribution in [-0.2, 0) is 13.1 Å². The Hall–Kier alpha value is -0.970. The Morgan fingerprint density at radius 1 is 1.29 bits per heavy atom. The molecule has 3 heterocycles. The molecule has 0 spiro atoms. The number of hydrogen-bond acceptors (Lipinski definition) is 4. The van der Waals surface area contributed by atoms with Crippen LogP contribution in [0.15, 0.2) is 18.3 Å². The zero-order valence-corrected chi connectivity index (χ0v) is 13.2. The second kappa shape index (κ2) is 7.34. The fraction of sp³-hybridized carbons (Fsp3) is 0.706. The van der Waals surface area contributed by atoms with Crippen LogP contribution in [0.4, 0.5) is 0 Å². The van der Waals surface area contributed by atoms with Crippen LogP contribution in [0, 0.1) is 0 Å². The molecule has 0 aromatic carbocycles. The first-order valence-electron chi connectivity index (χ1n) is 8.46. The first-order valence-corrected chi connectivity index (χ1v) is 8.46. The molecule has 1 N–H and O–H groups in total. The highest BCUT2D eigenvalue weighted by Gasteiger charge is 2.30. The normalized spacial score (nSPS) is 23.4. The summed E-state index contributed by atoms with van der Waals surface area (Å²) in [6, 6.07) is 5.22. The van der Waals surface area contributed by atoms with Gasteiger partial charge in [0.05, 0.1) is 5.69 Å². The molecule has 4 nitrogen and oxygen atoms in total. The smallest absolute Gasteiger partial charge is 0.0544 e. The molecule has 0 saturated carbocycles. The summed E-state index contributed by atoms with van der Waals surface area (Å²) in [4.78, 5) is 9.87. The third-order valence-corrected chi connectivity index (χ3v) is 4.70. The lowest BCUT2D eigenvalue weighted by atomic mass is 10.1. The zero-order valence-electron chi connectivity index (χ0n) is 13.2. The SMILES string of the molecule is CCCNCc1ccc(CN2CCN3CCCC3C2)nc1. The van der Waals surface area contributed by atoms with Gasteiger partial charge in [0.1, 0.15) is 0 Å². The number of piperazine rings is 1. The highest BCUT2D eigenvalue weighted by molar-refractivity contribution is 5.14. The van der Waals surface area contributed by atoms with Gasteiger partial charge in [0.2, 0.25) is 0 Å². The molecule has 4 heteroatoms. The summed E-state index contributed by atoms with van der Waals surface area (Å²) in [5.41, 5.74) is 2.49. The summed E-state index contributed by atoms with van der Waals surface area (Å²) >= 11 is 0. The van der Waals surface area contributed by atoms with Crippen LogP contribution in [-0.4, -0.2) is 53.5 Å². The van der Waals surface area contributed by atoms with E-state index in [1.165, 1.54) is 56.7 Å². The van der Waals surface area contributed by atoms with Crippen LogP contribution in [0.5, 0.6) is 0 Å². The van der Waals surface area contributed by atoms with E-state index in [4.69, 9.17) is 0 Å². The quantitative estimate of drug-likeness (QED) is 0.810. The van der Waals surface area contributed by atoms with Crippen LogP contribution in [0.3, 0.4) is 0 Å². The minimum Gasteiger partial charge on any atom is -0.313 e. The monoisotopic (exact) mass is 288 g/mol. The Morgan fingerprint density at radius 3 is 3.05 bits per heavy atom. The number of aromatic nitrogens is 1. The Balaban J connectivity index is 1.48. The third-order valence-electron chi connectivity index (χ3n) is 4.70. The van der Waals surface area contributed by atoms with Crippen molar-refractivity contribution in [1.82, 2.24) is 20.1 Å². The lowest BCUT2D eigenvalue weighted by Gasteiger charge is -2.37. The van der Waals surface area contributed by atoms with E-state index < -0.39 is 0 Å². The highest BCUT2D eigenvalue weighted by atomic mass is 15.3. The van der Waals surface area contributed by atoms with Gasteiger partial charge in [-0.05, 0) is 44.0 Å². The lowest BCUT2D eigenvalue weighted by molar-refractivity contribution is 0.0984. The van der Waals surface area contributed by atoms with Crippen molar-refractivity contribution in [3.8, 4) is 0 Å². The first kappa shape index (κ1) is 14.9. The number of hydrogen-bond donors (Lipinski definition) is 1. The van der Waals surface area contributed by atoms with E-state index in [0.29, 0.717) is 0 Å². The van der Waals surface area contributed by atoms with Crippen LogP contribution in [0.25, 0.3) is 0 Å². The second-order valence-electron chi connectivity index (χ2n) is 6.40. The largest absolute Gasteiger partial charge is 0.313 e. The number of nitrogens with one attached hydrogen (secondary N) is 1. The van der Waals surface area contributed by atoms with Gasteiger partial charge in [-0.2, -0.15) is 0 Å². The van der Waals surface area contributed by atoms with Crippen LogP contribution < -0.4 is 5.32 Å². The predicted molar refractivity (Wildman–Crippen MR) is 86.1 cm³/mol. The Morgan fingerprint density at radius 2 is 2.24 bits per heavy atom. The Labute approximate surface area is 128 Å². The van der Waals surface area contributed by atoms with E-state index >= 15 is 0 Å². The van der Waals surface area contributed by atoms with E-state index in [2.05, 4.69) is 39.2 Å². The molecular weight excluding hydrogens is 260 g/mol. The van der Waals surface area contributed by atoms with Gasteiger partial charge in [0, 0.05) is 45.0 Å². The molecule has 1 unspecified atom stereocenters. The topological polar surface area (TPSA) is 31.4 Å². The molecule has 0 bridgehead atoms. The molecule has 0 radical (unpaired) electrons. The van der Waals surface area contributed by atoms with Crippen molar-refractivity contribution in [1.29, 1.82) is 0 Å². The van der Waals surface area contributed by atoms with Gasteiger partial charge in [-0.15, -0.1) is 0 Å². The first-order chi connectivity index (χ1) is 10.3. The van der Waals surface area contributed by atoms with Crippen molar-refractivity contribution in [3.63, 3.8) is 0 Å². The van der Waals surface area contributed by atoms with Crippen molar-refractivity contribution in [2.45, 2.75) is 45.3 Å². The summed E-state index contributed by atoms with van der Waals surface area (Å²) in [7, 11) is 0. The summed E-state index contributed by atoms with van der Waals surface area (Å²) < 4.78 is 0. The highest BCUT2D eigenvalue weighted by Crippen LogP contribution is 2.22. The molecule has 116 valence electrons. The average molecular weight is 288 g/mol. The summed E-state index contributed by atoms with van der Waals surface area (Å²) in [6.45, 7) is 10.2. The zero-order chi connectivity index (χ0) is 14.5. The number of nitrogens with zero attached hydrogens (tertiary/aromatic N) is 3. The molecule has 0 amide bonds. The van der Waals surface area contributed by atoms with Gasteiger partial charge >= 0.3 is 0 Å². The molecule has 0 aliphatic carbocycles. The molecule has 1 atom stereocenters. The molecule has 1 aromatic rings. The van der Waals surface area contributed by atoms with E-state index in [1.807, 2.05) is 6.20 Å². The van der Waals surface area contributed by atoms with Crippen molar-refractivity contribution in [2.24, 2.45) is 0 Å². The number of pyridine rings is 1. The minimum atomic E-state index is 0.802. The third kappa shape index (κ3) is 4.02. The van der Waals surface area contributed by atoms with Crippen LogP contribution in [0.1, 0.15) is 37.4 Å². The molecule has 2 aliphatic rings. The molecule has 2 aliphatic heterocycles. The number of rotatable bonds is 6. The lowest BCUT2D eigenvalue weighted by Crippen LogP contribution is -2.49. The summed E-state index contributed by atoms with van der Waals surface area (Å²) in [5.74, 6) is 0. The van der Waals surface area contributed by atoms with E-state index in [9.17, 15) is 0 Å². The van der Waals surface area contributed by atoms with Crippen molar-refractivity contribution < 1.29 is 0 Å². The van der Waals surface area contributed by atoms with Gasteiger partial charge in [-0.3, -0.25) is 14.8 Å². The standard InChI is InChI=1S/C17H28N4/c1-2-7-18-11-15-5-6-16(19-12-15)13-20-9-10-21-8-3-4-17(21)14-20/h5-6,12,17-18H,2-4,7-11,13-14H2,1H3. The summed E-state index contributed by atoms with van der Waals surface area (Å²) in [6.07, 6.45) is 5.98. The van der Waals surface area contributed by atoms with Crippen molar-refractivity contribution in [2.75, 3.05) is 32.7 Å². The molecule has 2 fully saturated rings. The van der Waals surface area contributed by atoms with Crippen molar-refractivity contribution >= 4 is 0 Å². The van der Waals surface area contributed by atoms with Crippen molar-refractivity contribution in [3.05, 3.63) is 29.6 Å². The fourth-order valence-corrected chi connectivity index (χ4v) is 3.49. The molecule has 3 rings (SSSR count). The van der Waals surface area contributed by atoms with Gasteiger partial charge in [-0.25, -0.2) is 0 Å². The van der Waals surface area contributed by atoms with Gasteiger partial charge in [-0.1, -0.05) is 13.0 Å². The molecule has 1 aromatic heterocycles. The minimum absolute atomic E-state index is 0.802. The maximum atomic E-state index is 4.64. The van der Waals surface area contributed by atoms with E-state index in [1.54, 1.807) is 0 Å². The molecular formula is C17H28N4. The van der Waals surface area contributed by atoms with Gasteiger partial charge < -0.3 is 5.32 Å². The molecule has 21 heavy (non-hydrogen) atoms. The second-order valence-corrected chi connectivity index (χ2v) is 6.40. The predicted octanol–water partition coefficient (Wildman–Crippen LogP) is 1.86. The Bertz CT molecular complexity index is 431. The maximum absolute atomic E-state index is 4.64. The average Bonchev–Trinajstić information content (AvgIpc) is 2.97. The number of fused-ring (bicyclic) bond motifs is 1. The van der Waals surface area contributed by atoms with Crippen LogP contribution in [0.2, 0.25) is 0 Å². The molecule has 2 saturated heterocycles. The maximum Gasteiger partial charge on any atom is 0.0544 e. The van der Waals surface area contributed by atoms with Gasteiger partial charge in [0.25, 0.3) is 0 Å². The van der Waals surface area contributed by atoms with Gasteiger partial charge in [0.15, 0.2) is 0 Å².